The summed E-state index contributed by atoms with van der Waals surface area (Å²) in [5, 5.41) is 22.4. The summed E-state index contributed by atoms with van der Waals surface area (Å²) in [6.07, 6.45) is 0.150. The van der Waals surface area contributed by atoms with E-state index in [1.54, 1.807) is 6.07 Å². The second kappa shape index (κ2) is 5.59. The van der Waals surface area contributed by atoms with E-state index in [4.69, 9.17) is 5.11 Å². The Morgan fingerprint density at radius 1 is 1.65 bits per heavy atom. The normalized spacial score (nSPS) is 12.3. The molecule has 0 spiro atoms. The van der Waals surface area contributed by atoms with Gasteiger partial charge in [0.1, 0.15) is 0 Å². The topological polar surface area (TPSA) is 102 Å². The van der Waals surface area contributed by atoms with Gasteiger partial charge in [-0.15, -0.1) is 0 Å². The minimum atomic E-state index is -1.14. The Balaban J connectivity index is 2.68. The number of nitrogens with zero attached hydrogens (tertiary/aromatic N) is 2. The molecule has 1 aromatic carbocycles. The summed E-state index contributed by atoms with van der Waals surface area (Å²) in [4.78, 5) is 25.0. The van der Waals surface area contributed by atoms with Gasteiger partial charge in [-0.2, -0.15) is 0 Å². The number of hydrogen-bond donors (Lipinski definition) is 1. The standard InChI is InChI=1S/C10H10N2O5/c1-7(10(13)14)17-11-6-8-3-2-4-9(5-8)12(15)16/h2-7H,1H3,(H,13,14)/b11-6+. The van der Waals surface area contributed by atoms with Gasteiger partial charge in [-0.1, -0.05) is 17.3 Å². The largest absolute Gasteiger partial charge is 0.478 e. The lowest BCUT2D eigenvalue weighted by atomic mass is 10.2. The second-order valence-electron chi connectivity index (χ2n) is 3.17. The SMILES string of the molecule is CC(O/N=C/c1cccc([N+](=O)[O-])c1)C(=O)O. The molecule has 0 aliphatic heterocycles. The van der Waals surface area contributed by atoms with Crippen LogP contribution in [0.2, 0.25) is 0 Å². The summed E-state index contributed by atoms with van der Waals surface area (Å²) in [6.45, 7) is 1.33. The fraction of sp³-hybridized carbons (Fsp3) is 0.200. The molecule has 7 heteroatoms. The fourth-order valence-corrected chi connectivity index (χ4v) is 0.946. The molecule has 0 amide bonds. The van der Waals surface area contributed by atoms with Gasteiger partial charge in [-0.25, -0.2) is 4.79 Å². The summed E-state index contributed by atoms with van der Waals surface area (Å²) in [6, 6.07) is 5.74. The van der Waals surface area contributed by atoms with Crippen LogP contribution in [0.25, 0.3) is 0 Å². The molecule has 7 nitrogen and oxygen atoms in total. The number of aliphatic carboxylic acids is 1. The highest BCUT2D eigenvalue weighted by Gasteiger charge is 2.10. The number of nitro groups is 1. The number of benzene rings is 1. The van der Waals surface area contributed by atoms with Crippen LogP contribution in [0.5, 0.6) is 0 Å². The maximum atomic E-state index is 10.5. The average molecular weight is 238 g/mol. The van der Waals surface area contributed by atoms with Crippen LogP contribution in [0.3, 0.4) is 0 Å². The lowest BCUT2D eigenvalue weighted by Crippen LogP contribution is -2.17. The molecule has 17 heavy (non-hydrogen) atoms. The fourth-order valence-electron chi connectivity index (χ4n) is 0.946. The summed E-state index contributed by atoms with van der Waals surface area (Å²) in [7, 11) is 0. The first-order chi connectivity index (χ1) is 8.00. The monoisotopic (exact) mass is 238 g/mol. The van der Waals surface area contributed by atoms with Gasteiger partial charge in [-0.3, -0.25) is 10.1 Å². The number of rotatable bonds is 5. The first-order valence-electron chi connectivity index (χ1n) is 4.67. The van der Waals surface area contributed by atoms with Crippen LogP contribution in [-0.2, 0) is 9.63 Å². The number of carbonyl (C=O) groups is 1. The Morgan fingerprint density at radius 2 is 2.35 bits per heavy atom. The Bertz CT molecular complexity index is 458. The lowest BCUT2D eigenvalue weighted by molar-refractivity contribution is -0.384. The van der Waals surface area contributed by atoms with Crippen molar-refractivity contribution in [3.8, 4) is 0 Å². The van der Waals surface area contributed by atoms with Gasteiger partial charge in [0.05, 0.1) is 11.1 Å². The summed E-state index contributed by atoms with van der Waals surface area (Å²) in [5.41, 5.74) is 0.386. The van der Waals surface area contributed by atoms with Gasteiger partial charge in [0, 0.05) is 17.7 Å². The van der Waals surface area contributed by atoms with Crippen molar-refractivity contribution in [3.63, 3.8) is 0 Å². The van der Waals surface area contributed by atoms with Gasteiger partial charge in [0.2, 0.25) is 6.10 Å². The summed E-state index contributed by atoms with van der Waals surface area (Å²) < 4.78 is 0. The number of non-ortho nitro benzene ring substituents is 1. The van der Waals surface area contributed by atoms with Gasteiger partial charge >= 0.3 is 5.97 Å². The molecule has 0 saturated heterocycles. The minimum Gasteiger partial charge on any atom is -0.478 e. The molecule has 1 atom stereocenters. The zero-order valence-electron chi connectivity index (χ0n) is 8.94. The van der Waals surface area contributed by atoms with Gasteiger partial charge in [-0.05, 0) is 6.92 Å². The van der Waals surface area contributed by atoms with Crippen molar-refractivity contribution >= 4 is 17.9 Å². The molecular formula is C10H10N2O5. The third-order valence-corrected chi connectivity index (χ3v) is 1.85. The summed E-state index contributed by atoms with van der Waals surface area (Å²) in [5.74, 6) is -1.14. The zero-order valence-corrected chi connectivity index (χ0v) is 8.94. The molecule has 0 aliphatic carbocycles. The highest BCUT2D eigenvalue weighted by atomic mass is 16.6. The van der Waals surface area contributed by atoms with Crippen molar-refractivity contribution in [2.45, 2.75) is 13.0 Å². The van der Waals surface area contributed by atoms with E-state index in [-0.39, 0.29) is 5.69 Å². The molecule has 1 N–H and O–H groups in total. The number of oxime groups is 1. The quantitative estimate of drug-likeness (QED) is 0.474. The molecular weight excluding hydrogens is 228 g/mol. The number of nitro benzene ring substituents is 1. The van der Waals surface area contributed by atoms with E-state index in [1.165, 1.54) is 31.3 Å². The van der Waals surface area contributed by atoms with Gasteiger partial charge < -0.3 is 9.94 Å². The molecule has 90 valence electrons. The number of carboxylic acid groups (broad SMARTS) is 1. The molecule has 0 radical (unpaired) electrons. The summed E-state index contributed by atoms with van der Waals surface area (Å²) >= 11 is 0. The van der Waals surface area contributed by atoms with Crippen LogP contribution in [0, 0.1) is 10.1 Å². The van der Waals surface area contributed by atoms with E-state index in [2.05, 4.69) is 9.99 Å². The molecule has 0 fully saturated rings. The molecule has 0 bridgehead atoms. The highest BCUT2D eigenvalue weighted by molar-refractivity contribution is 5.80. The third kappa shape index (κ3) is 3.90. The van der Waals surface area contributed by atoms with Gasteiger partial charge in [0.15, 0.2) is 0 Å². The van der Waals surface area contributed by atoms with Crippen LogP contribution in [0.15, 0.2) is 29.4 Å². The predicted octanol–water partition coefficient (Wildman–Crippen LogP) is 1.42. The van der Waals surface area contributed by atoms with Crippen molar-refractivity contribution in [3.05, 3.63) is 39.9 Å². The first-order valence-corrected chi connectivity index (χ1v) is 4.67. The van der Waals surface area contributed by atoms with Crippen LogP contribution < -0.4 is 0 Å². The van der Waals surface area contributed by atoms with Crippen LogP contribution in [0.4, 0.5) is 5.69 Å². The Kier molecular flexibility index (Phi) is 4.15. The molecule has 1 aromatic rings. The van der Waals surface area contributed by atoms with Crippen LogP contribution in [-0.4, -0.2) is 28.3 Å². The third-order valence-electron chi connectivity index (χ3n) is 1.85. The van der Waals surface area contributed by atoms with E-state index < -0.39 is 17.0 Å². The van der Waals surface area contributed by atoms with E-state index in [1.807, 2.05) is 0 Å². The Morgan fingerprint density at radius 3 is 2.94 bits per heavy atom. The molecule has 0 heterocycles. The van der Waals surface area contributed by atoms with Crippen molar-refractivity contribution in [2.75, 3.05) is 0 Å². The van der Waals surface area contributed by atoms with Crippen LogP contribution >= 0.6 is 0 Å². The predicted molar refractivity (Wildman–Crippen MR) is 58.9 cm³/mol. The maximum Gasteiger partial charge on any atom is 0.347 e. The molecule has 1 unspecified atom stereocenters. The maximum absolute atomic E-state index is 10.5. The van der Waals surface area contributed by atoms with Crippen molar-refractivity contribution in [1.29, 1.82) is 0 Å². The van der Waals surface area contributed by atoms with E-state index in [9.17, 15) is 14.9 Å². The van der Waals surface area contributed by atoms with E-state index in [0.29, 0.717) is 5.56 Å². The number of carboxylic acids is 1. The molecule has 0 saturated carbocycles. The van der Waals surface area contributed by atoms with Crippen molar-refractivity contribution in [2.24, 2.45) is 5.16 Å². The van der Waals surface area contributed by atoms with E-state index in [0.717, 1.165) is 0 Å². The lowest BCUT2D eigenvalue weighted by Gasteiger charge is -2.02. The first kappa shape index (κ1) is 12.6. The van der Waals surface area contributed by atoms with Crippen molar-refractivity contribution < 1.29 is 19.7 Å². The average Bonchev–Trinajstić information content (AvgIpc) is 2.29. The Hall–Kier alpha value is -2.44. The molecule has 1 rings (SSSR count). The van der Waals surface area contributed by atoms with Crippen molar-refractivity contribution in [1.82, 2.24) is 0 Å². The molecule has 0 aliphatic rings. The smallest absolute Gasteiger partial charge is 0.347 e. The second-order valence-corrected chi connectivity index (χ2v) is 3.17. The molecule has 0 aromatic heterocycles. The number of hydrogen-bond acceptors (Lipinski definition) is 5. The van der Waals surface area contributed by atoms with Gasteiger partial charge in [0.25, 0.3) is 5.69 Å². The Labute approximate surface area is 96.5 Å². The van der Waals surface area contributed by atoms with Crippen LogP contribution in [0.1, 0.15) is 12.5 Å². The van der Waals surface area contributed by atoms with E-state index >= 15 is 0 Å². The zero-order chi connectivity index (χ0) is 12.8. The minimum absolute atomic E-state index is 0.0692. The highest BCUT2D eigenvalue weighted by Crippen LogP contribution is 2.11.